The van der Waals surface area contributed by atoms with Crippen molar-refractivity contribution in [2.24, 2.45) is 0 Å². The van der Waals surface area contributed by atoms with Crippen molar-refractivity contribution in [1.82, 2.24) is 0 Å². The first-order valence-corrected chi connectivity index (χ1v) is 5.03. The quantitative estimate of drug-likeness (QED) is 0.726. The molecule has 0 bridgehead atoms. The number of anilines is 2. The molecule has 0 spiro atoms. The van der Waals surface area contributed by atoms with E-state index in [4.69, 9.17) is 0 Å². The third-order valence-corrected chi connectivity index (χ3v) is 2.52. The Bertz CT molecular complexity index is 292. The van der Waals surface area contributed by atoms with Crippen LogP contribution in [0.2, 0.25) is 0 Å². The number of nitrogens with zero attached hydrogens (tertiary/aromatic N) is 2. The molecule has 14 heavy (non-hydrogen) atoms. The lowest BCUT2D eigenvalue weighted by atomic mass is 10.2. The highest BCUT2D eigenvalue weighted by Gasteiger charge is 2.10. The maximum Gasteiger partial charge on any atom is 0.0603 e. The third kappa shape index (κ3) is 2.19. The minimum Gasteiger partial charge on any atom is -0.376 e. The molecule has 1 aromatic rings. The van der Waals surface area contributed by atoms with Gasteiger partial charge in [0.1, 0.15) is 0 Å². The van der Waals surface area contributed by atoms with Crippen molar-refractivity contribution < 1.29 is 0 Å². The van der Waals surface area contributed by atoms with Crippen LogP contribution in [0.25, 0.3) is 0 Å². The van der Waals surface area contributed by atoms with Gasteiger partial charge in [0.05, 0.1) is 11.4 Å². The van der Waals surface area contributed by atoms with Crippen LogP contribution in [0.15, 0.2) is 24.3 Å². The Balaban J connectivity index is 3.06. The first-order chi connectivity index (χ1) is 6.54. The molecule has 0 saturated heterocycles. The van der Waals surface area contributed by atoms with E-state index in [2.05, 4.69) is 69.1 Å². The molecule has 0 aliphatic rings. The highest BCUT2D eigenvalue weighted by molar-refractivity contribution is 5.70. The molecule has 0 N–H and O–H groups in total. The average molecular weight is 192 g/mol. The average Bonchev–Trinajstić information content (AvgIpc) is 2.16. The minimum absolute atomic E-state index is 0.524. The van der Waals surface area contributed by atoms with E-state index in [9.17, 15) is 0 Å². The molecule has 0 fully saturated rings. The van der Waals surface area contributed by atoms with Crippen LogP contribution in [0.4, 0.5) is 11.4 Å². The highest BCUT2D eigenvalue weighted by Crippen LogP contribution is 2.27. The SMILES string of the molecule is CC(C)N(C)c1ccccc1N(C)C. The molecule has 0 radical (unpaired) electrons. The van der Waals surface area contributed by atoms with Crippen molar-refractivity contribution in [2.75, 3.05) is 30.9 Å². The monoisotopic (exact) mass is 192 g/mol. The van der Waals surface area contributed by atoms with Crippen molar-refractivity contribution in [1.29, 1.82) is 0 Å². The zero-order valence-corrected chi connectivity index (χ0v) is 9.78. The number of hydrogen-bond acceptors (Lipinski definition) is 2. The Morgan fingerprint density at radius 1 is 0.929 bits per heavy atom. The predicted molar refractivity (Wildman–Crippen MR) is 64.3 cm³/mol. The van der Waals surface area contributed by atoms with E-state index in [0.717, 1.165) is 0 Å². The summed E-state index contributed by atoms with van der Waals surface area (Å²) in [5, 5.41) is 0. The summed E-state index contributed by atoms with van der Waals surface area (Å²) in [6, 6.07) is 8.99. The summed E-state index contributed by atoms with van der Waals surface area (Å²) in [5.41, 5.74) is 2.55. The fourth-order valence-electron chi connectivity index (χ4n) is 1.42. The second kappa shape index (κ2) is 4.36. The Morgan fingerprint density at radius 2 is 1.43 bits per heavy atom. The van der Waals surface area contributed by atoms with Crippen LogP contribution in [0.3, 0.4) is 0 Å². The molecule has 2 heteroatoms. The van der Waals surface area contributed by atoms with Gasteiger partial charge in [-0.3, -0.25) is 0 Å². The van der Waals surface area contributed by atoms with Gasteiger partial charge in [0.2, 0.25) is 0 Å². The van der Waals surface area contributed by atoms with E-state index in [1.165, 1.54) is 11.4 Å². The maximum atomic E-state index is 2.29. The van der Waals surface area contributed by atoms with Gasteiger partial charge >= 0.3 is 0 Å². The molecular weight excluding hydrogens is 172 g/mol. The minimum atomic E-state index is 0.524. The summed E-state index contributed by atoms with van der Waals surface area (Å²) >= 11 is 0. The van der Waals surface area contributed by atoms with Gasteiger partial charge in [0, 0.05) is 27.2 Å². The normalized spacial score (nSPS) is 10.4. The molecular formula is C12H20N2. The van der Waals surface area contributed by atoms with E-state index < -0.39 is 0 Å². The van der Waals surface area contributed by atoms with Gasteiger partial charge < -0.3 is 9.80 Å². The van der Waals surface area contributed by atoms with Gasteiger partial charge in [-0.05, 0) is 26.0 Å². The van der Waals surface area contributed by atoms with Gasteiger partial charge in [-0.1, -0.05) is 12.1 Å². The standard InChI is InChI=1S/C12H20N2/c1-10(2)14(5)12-9-7-6-8-11(12)13(3)4/h6-10H,1-5H3. The second-order valence-electron chi connectivity index (χ2n) is 4.09. The van der Waals surface area contributed by atoms with E-state index >= 15 is 0 Å². The van der Waals surface area contributed by atoms with Crippen LogP contribution in [0.1, 0.15) is 13.8 Å². The van der Waals surface area contributed by atoms with E-state index in [0.29, 0.717) is 6.04 Å². The van der Waals surface area contributed by atoms with Gasteiger partial charge in [-0.15, -0.1) is 0 Å². The van der Waals surface area contributed by atoms with Crippen LogP contribution < -0.4 is 9.80 Å². The van der Waals surface area contributed by atoms with Crippen LogP contribution >= 0.6 is 0 Å². The van der Waals surface area contributed by atoms with E-state index in [-0.39, 0.29) is 0 Å². The summed E-state index contributed by atoms with van der Waals surface area (Å²) in [7, 11) is 6.28. The summed E-state index contributed by atoms with van der Waals surface area (Å²) in [6.45, 7) is 4.40. The lowest BCUT2D eigenvalue weighted by Gasteiger charge is -2.28. The summed E-state index contributed by atoms with van der Waals surface area (Å²) in [5.74, 6) is 0. The molecule has 1 rings (SSSR count). The predicted octanol–water partition coefficient (Wildman–Crippen LogP) is 2.60. The van der Waals surface area contributed by atoms with Gasteiger partial charge in [0.15, 0.2) is 0 Å². The summed E-state index contributed by atoms with van der Waals surface area (Å²) in [6.07, 6.45) is 0. The third-order valence-electron chi connectivity index (χ3n) is 2.52. The van der Waals surface area contributed by atoms with Gasteiger partial charge in [-0.25, -0.2) is 0 Å². The number of para-hydroxylation sites is 2. The lowest BCUT2D eigenvalue weighted by Crippen LogP contribution is -2.27. The molecule has 0 aromatic heterocycles. The fourth-order valence-corrected chi connectivity index (χ4v) is 1.42. The molecule has 0 saturated carbocycles. The van der Waals surface area contributed by atoms with Crippen molar-refractivity contribution in [3.63, 3.8) is 0 Å². The molecule has 1 aromatic carbocycles. The van der Waals surface area contributed by atoms with Crippen LogP contribution in [0, 0.1) is 0 Å². The van der Waals surface area contributed by atoms with E-state index in [1.54, 1.807) is 0 Å². The Hall–Kier alpha value is -1.18. The van der Waals surface area contributed by atoms with Crippen molar-refractivity contribution in [2.45, 2.75) is 19.9 Å². The molecule has 0 aliphatic carbocycles. The molecule has 2 nitrogen and oxygen atoms in total. The van der Waals surface area contributed by atoms with Crippen LogP contribution in [0.5, 0.6) is 0 Å². The molecule has 0 heterocycles. The largest absolute Gasteiger partial charge is 0.376 e. The zero-order valence-electron chi connectivity index (χ0n) is 9.78. The first-order valence-electron chi connectivity index (χ1n) is 5.03. The molecule has 0 aliphatic heterocycles. The molecule has 0 atom stereocenters. The zero-order chi connectivity index (χ0) is 10.7. The van der Waals surface area contributed by atoms with Gasteiger partial charge in [-0.2, -0.15) is 0 Å². The summed E-state index contributed by atoms with van der Waals surface area (Å²) in [4.78, 5) is 4.43. The number of hydrogen-bond donors (Lipinski definition) is 0. The highest BCUT2D eigenvalue weighted by atomic mass is 15.2. The maximum absolute atomic E-state index is 2.29. The van der Waals surface area contributed by atoms with Crippen LogP contribution in [-0.2, 0) is 0 Å². The molecule has 0 unspecified atom stereocenters. The van der Waals surface area contributed by atoms with Crippen molar-refractivity contribution in [3.05, 3.63) is 24.3 Å². The number of rotatable bonds is 3. The smallest absolute Gasteiger partial charge is 0.0603 e. The Morgan fingerprint density at radius 3 is 1.86 bits per heavy atom. The van der Waals surface area contributed by atoms with Crippen molar-refractivity contribution in [3.8, 4) is 0 Å². The van der Waals surface area contributed by atoms with Crippen LogP contribution in [-0.4, -0.2) is 27.2 Å². The molecule has 0 amide bonds. The number of benzene rings is 1. The fraction of sp³-hybridized carbons (Fsp3) is 0.500. The Labute approximate surface area is 87.1 Å². The first kappa shape index (κ1) is 10.9. The second-order valence-corrected chi connectivity index (χ2v) is 4.09. The van der Waals surface area contributed by atoms with Gasteiger partial charge in [0.25, 0.3) is 0 Å². The van der Waals surface area contributed by atoms with Crippen molar-refractivity contribution >= 4 is 11.4 Å². The Kier molecular flexibility index (Phi) is 3.39. The van der Waals surface area contributed by atoms with E-state index in [1.807, 2.05) is 0 Å². The topological polar surface area (TPSA) is 6.48 Å². The lowest BCUT2D eigenvalue weighted by molar-refractivity contribution is 0.754. The summed E-state index contributed by atoms with van der Waals surface area (Å²) < 4.78 is 0. The molecule has 78 valence electrons.